The Labute approximate surface area is 564 Å². The van der Waals surface area contributed by atoms with Crippen LogP contribution in [0.15, 0.2) is 65.7 Å². The minimum Gasteiger partial charge on any atom is -0.370 e. The SMILES string of the molecule is CSCC[C@H](NC(=O)[C@H](CC(C)C)NC(=O)CNC(=O)[C@@H](CNC(=O)[C@H](Cc1ccccc1)NC(=O)[C@H](CCC(N)=O)NC(=O)[C@H](CCC(N)=O)NC(=O)[C@@H]1CCCN1C(=O)[C@H](CCCCN)NC(=O)[C@@H]1CCCN1C(=O)[C@@H](N)CCCN=C(N)N)Cc1ccccc1)C(N)=O. The van der Waals surface area contributed by atoms with Crippen molar-refractivity contribution in [2.75, 3.05) is 51.3 Å². The molecule has 2 heterocycles. The molecular weight excluding hydrogens is 1260 g/mol. The lowest BCUT2D eigenvalue weighted by Crippen LogP contribution is -2.59. The Balaban J connectivity index is 1.54. The van der Waals surface area contributed by atoms with E-state index in [1.54, 1.807) is 60.7 Å². The number of unbranched alkanes of at least 4 members (excludes halogenated alkanes) is 1. The molecule has 31 nitrogen and oxygen atoms in total. The van der Waals surface area contributed by atoms with Crippen LogP contribution in [-0.4, -0.2) is 198 Å². The van der Waals surface area contributed by atoms with Gasteiger partial charge < -0.3 is 92.5 Å². The first kappa shape index (κ1) is 79.5. The quantitative estimate of drug-likeness (QED) is 0.0174. The van der Waals surface area contributed by atoms with Crippen molar-refractivity contribution < 1.29 is 62.3 Å². The zero-order valence-electron chi connectivity index (χ0n) is 55.2. The number of aliphatic imine (C=N–C) groups is 1. The van der Waals surface area contributed by atoms with Gasteiger partial charge in [-0.1, -0.05) is 74.5 Å². The van der Waals surface area contributed by atoms with Gasteiger partial charge in [-0.25, -0.2) is 0 Å². The molecule has 0 bridgehead atoms. The lowest BCUT2D eigenvalue weighted by Gasteiger charge is -2.32. The number of hydrogen-bond donors (Lipinski definition) is 15. The van der Waals surface area contributed by atoms with Crippen molar-refractivity contribution >= 4 is 94.5 Å². The van der Waals surface area contributed by atoms with Crippen LogP contribution in [-0.2, 0) is 75.2 Å². The van der Waals surface area contributed by atoms with Crippen molar-refractivity contribution in [1.82, 2.24) is 52.3 Å². The van der Waals surface area contributed by atoms with Crippen LogP contribution in [0.5, 0.6) is 0 Å². The maximum atomic E-state index is 14.6. The second kappa shape index (κ2) is 41.8. The fraction of sp³-hybridized carbons (Fsp3) is 0.594. The molecule has 22 N–H and O–H groups in total. The van der Waals surface area contributed by atoms with Crippen LogP contribution in [0.25, 0.3) is 0 Å². The zero-order valence-corrected chi connectivity index (χ0v) is 56.0. The Morgan fingerprint density at radius 3 is 1.60 bits per heavy atom. The summed E-state index contributed by atoms with van der Waals surface area (Å²) in [5.74, 6) is -10.3. The number of amides is 13. The van der Waals surface area contributed by atoms with Crippen molar-refractivity contribution in [3.63, 3.8) is 0 Å². The molecule has 0 unspecified atom stereocenters. The molecule has 10 atom stereocenters. The van der Waals surface area contributed by atoms with Gasteiger partial charge in [-0.05, 0) is 125 Å². The summed E-state index contributed by atoms with van der Waals surface area (Å²) >= 11 is 1.46. The van der Waals surface area contributed by atoms with Gasteiger partial charge in [0.15, 0.2) is 5.96 Å². The van der Waals surface area contributed by atoms with Crippen LogP contribution in [0.1, 0.15) is 121 Å². The molecule has 530 valence electrons. The van der Waals surface area contributed by atoms with E-state index in [1.165, 1.54) is 21.6 Å². The van der Waals surface area contributed by atoms with Crippen molar-refractivity contribution in [3.05, 3.63) is 71.8 Å². The van der Waals surface area contributed by atoms with Gasteiger partial charge in [0.25, 0.3) is 0 Å². The van der Waals surface area contributed by atoms with Crippen LogP contribution < -0.4 is 82.7 Å². The number of carbonyl (C=O) groups excluding carboxylic acids is 13. The summed E-state index contributed by atoms with van der Waals surface area (Å²) in [6.45, 7) is 3.66. The van der Waals surface area contributed by atoms with E-state index in [1.807, 2.05) is 20.1 Å². The highest BCUT2D eigenvalue weighted by atomic mass is 32.2. The van der Waals surface area contributed by atoms with E-state index in [0.29, 0.717) is 55.4 Å². The first-order valence-electron chi connectivity index (χ1n) is 32.6. The Hall–Kier alpha value is -8.91. The standard InChI is InChI=1S/C64H100N18O13S/c1-38(2)33-47(59(91)76-43(54(69)86)27-32-96-3)75-53(85)37-74-55(87)41(34-39-15-6-4-7-16-39)36-73-56(88)48(35-40-17-8-5-9-18-40)80-58(90)44(23-25-51(67)83)77-57(89)45(24-26-52(68)84)78-60(92)50-22-14-31-82(50)63(95)46(20-10-11-28-65)79-61(93)49-21-13-30-81(49)62(94)42(66)19-12-29-72-64(70)71/h4-9,15-18,38,41-50H,10-14,19-37,65-66H2,1-3H3,(H2,67,83)(H2,68,84)(H2,69,86)(H,73,88)(H,74,87)(H,75,85)(H,76,91)(H,77,89)(H,78,92)(H,79,93)(H,80,90)(H4,70,71,72)/t41-,42+,43+,44+,45+,46+,47+,48+,49+,50+/m1/s1. The Morgan fingerprint density at radius 2 is 1.07 bits per heavy atom. The number of carbonyl (C=O) groups is 13. The van der Waals surface area contributed by atoms with Crippen molar-refractivity contribution in [1.29, 1.82) is 0 Å². The van der Waals surface area contributed by atoms with Gasteiger partial charge in [0, 0.05) is 45.4 Å². The van der Waals surface area contributed by atoms with E-state index in [0.717, 1.165) is 0 Å². The average Bonchev–Trinajstić information content (AvgIpc) is 1.61. The summed E-state index contributed by atoms with van der Waals surface area (Å²) in [5.41, 5.74) is 40.8. The highest BCUT2D eigenvalue weighted by molar-refractivity contribution is 7.98. The smallest absolute Gasteiger partial charge is 0.245 e. The van der Waals surface area contributed by atoms with Crippen molar-refractivity contribution in [3.8, 4) is 0 Å². The van der Waals surface area contributed by atoms with Crippen molar-refractivity contribution in [2.24, 2.45) is 57.0 Å². The second-order valence-electron chi connectivity index (χ2n) is 24.5. The molecular formula is C64H100N18O13S. The number of nitrogens with one attached hydrogen (secondary N) is 8. The summed E-state index contributed by atoms with van der Waals surface area (Å²) in [6.07, 6.45) is 3.53. The Bertz CT molecular complexity index is 2980. The third-order valence-electron chi connectivity index (χ3n) is 16.3. The monoisotopic (exact) mass is 1360 g/mol. The summed E-state index contributed by atoms with van der Waals surface area (Å²) < 4.78 is 0. The number of likely N-dealkylation sites (tertiary alicyclic amines) is 2. The number of rotatable bonds is 43. The zero-order chi connectivity index (χ0) is 70.9. The average molecular weight is 1360 g/mol. The highest BCUT2D eigenvalue weighted by Crippen LogP contribution is 2.24. The predicted molar refractivity (Wildman–Crippen MR) is 360 cm³/mol. The number of nitrogens with two attached hydrogens (primary N) is 7. The number of nitrogens with zero attached hydrogens (tertiary/aromatic N) is 3. The third-order valence-corrected chi connectivity index (χ3v) is 17.0. The van der Waals surface area contributed by atoms with Crippen LogP contribution in [0, 0.1) is 11.8 Å². The summed E-state index contributed by atoms with van der Waals surface area (Å²) in [7, 11) is 0. The molecule has 0 spiro atoms. The first-order valence-corrected chi connectivity index (χ1v) is 34.0. The molecule has 2 saturated heterocycles. The van der Waals surface area contributed by atoms with Gasteiger partial charge in [0.2, 0.25) is 76.8 Å². The molecule has 0 saturated carbocycles. The molecule has 2 aromatic rings. The second-order valence-corrected chi connectivity index (χ2v) is 25.5. The minimum absolute atomic E-state index is 0.0664. The largest absolute Gasteiger partial charge is 0.370 e. The lowest BCUT2D eigenvalue weighted by molar-refractivity contribution is -0.144. The molecule has 0 radical (unpaired) electrons. The van der Waals surface area contributed by atoms with E-state index < -0.39 is 163 Å². The summed E-state index contributed by atoms with van der Waals surface area (Å²) in [5, 5.41) is 21.3. The number of guanidine groups is 1. The summed E-state index contributed by atoms with van der Waals surface area (Å²) in [6, 6.07) is 6.48. The fourth-order valence-corrected chi connectivity index (χ4v) is 11.7. The number of primary amides is 3. The third kappa shape index (κ3) is 27.8. The van der Waals surface area contributed by atoms with E-state index in [4.69, 9.17) is 40.1 Å². The highest BCUT2D eigenvalue weighted by Gasteiger charge is 2.42. The van der Waals surface area contributed by atoms with E-state index in [-0.39, 0.29) is 96.0 Å². The number of benzene rings is 2. The number of thioether (sulfide) groups is 1. The molecule has 0 aromatic heterocycles. The molecule has 13 amide bonds. The minimum atomic E-state index is -1.61. The molecule has 4 rings (SSSR count). The van der Waals surface area contributed by atoms with E-state index in [2.05, 4.69) is 47.5 Å². The molecule has 32 heteroatoms. The van der Waals surface area contributed by atoms with Gasteiger partial charge in [-0.2, -0.15) is 11.8 Å². The molecule has 2 aliphatic heterocycles. The molecule has 2 aromatic carbocycles. The predicted octanol–water partition coefficient (Wildman–Crippen LogP) is -3.46. The van der Waals surface area contributed by atoms with E-state index in [9.17, 15) is 62.3 Å². The van der Waals surface area contributed by atoms with Gasteiger partial charge in [-0.3, -0.25) is 67.3 Å². The van der Waals surface area contributed by atoms with E-state index >= 15 is 0 Å². The lowest BCUT2D eigenvalue weighted by atomic mass is 9.97. The van der Waals surface area contributed by atoms with Gasteiger partial charge in [0.05, 0.1) is 18.5 Å². The Morgan fingerprint density at radius 1 is 0.552 bits per heavy atom. The number of hydrogen-bond acceptors (Lipinski definition) is 17. The Kier molecular flexibility index (Phi) is 34.6. The maximum Gasteiger partial charge on any atom is 0.245 e. The maximum absolute atomic E-state index is 14.6. The van der Waals surface area contributed by atoms with Crippen LogP contribution in [0.2, 0.25) is 0 Å². The van der Waals surface area contributed by atoms with Crippen LogP contribution in [0.4, 0.5) is 0 Å². The normalized spacial score (nSPS) is 16.8. The molecule has 2 aliphatic rings. The molecule has 2 fully saturated rings. The van der Waals surface area contributed by atoms with Crippen LogP contribution >= 0.6 is 11.8 Å². The van der Waals surface area contributed by atoms with Gasteiger partial charge in [-0.15, -0.1) is 0 Å². The van der Waals surface area contributed by atoms with Gasteiger partial charge >= 0.3 is 0 Å². The first-order chi connectivity index (χ1) is 45.7. The summed E-state index contributed by atoms with van der Waals surface area (Å²) in [4.78, 5) is 184. The topological polar surface area (TPSA) is 519 Å². The van der Waals surface area contributed by atoms with Crippen molar-refractivity contribution in [2.45, 2.75) is 177 Å². The van der Waals surface area contributed by atoms with Gasteiger partial charge in [0.1, 0.15) is 48.3 Å². The fourth-order valence-electron chi connectivity index (χ4n) is 11.2. The molecule has 0 aliphatic carbocycles. The van der Waals surface area contributed by atoms with Crippen LogP contribution in [0.3, 0.4) is 0 Å². The molecule has 96 heavy (non-hydrogen) atoms.